The smallest absolute Gasteiger partial charge is 0.0645 e. The van der Waals surface area contributed by atoms with Gasteiger partial charge in [0, 0.05) is 12.5 Å². The zero-order chi connectivity index (χ0) is 14.5. The summed E-state index contributed by atoms with van der Waals surface area (Å²) < 4.78 is 66.2. The van der Waals surface area contributed by atoms with Crippen LogP contribution in [0, 0.1) is 0 Å². The fraction of sp³-hybridized carbons (Fsp3) is 0.250. The van der Waals surface area contributed by atoms with Gasteiger partial charge in [-0.1, -0.05) is 25.0 Å². The molecule has 0 saturated heterocycles. The Kier molecular flexibility index (Phi) is 0.384. The van der Waals surface area contributed by atoms with Crippen molar-refractivity contribution in [1.82, 2.24) is 0 Å². The molecule has 0 unspecified atom stereocenters. The van der Waals surface area contributed by atoms with E-state index in [2.05, 4.69) is 0 Å². The van der Waals surface area contributed by atoms with Gasteiger partial charge < -0.3 is 5.73 Å². The van der Waals surface area contributed by atoms with Gasteiger partial charge in [0.25, 0.3) is 0 Å². The lowest BCUT2D eigenvalue weighted by Gasteiger charge is -1.98. The molecule has 1 heteroatoms. The highest BCUT2D eigenvalue weighted by Crippen LogP contribution is 2.09. The van der Waals surface area contributed by atoms with Gasteiger partial charge in [-0.25, -0.2) is 0 Å². The second-order valence-corrected chi connectivity index (χ2v) is 1.41. The molecule has 48 valence electrons. The van der Waals surface area contributed by atoms with Crippen LogP contribution in [0.5, 0.6) is 0 Å². The predicted octanol–water partition coefficient (Wildman–Crippen LogP) is 1.83. The van der Waals surface area contributed by atoms with E-state index in [0.29, 0.717) is 0 Å². The second-order valence-electron chi connectivity index (χ2n) is 1.41. The van der Waals surface area contributed by atoms with Crippen LogP contribution in [-0.4, -0.2) is 0 Å². The molecule has 0 spiro atoms. The predicted molar refractivity (Wildman–Crippen MR) is 40.2 cm³/mol. The molecule has 1 nitrogen and oxygen atoms in total. The first-order chi connectivity index (χ1) is 7.93. The van der Waals surface area contributed by atoms with Crippen LogP contribution in [0.2, 0.25) is 0 Å². The van der Waals surface area contributed by atoms with E-state index in [4.69, 9.17) is 18.1 Å². The van der Waals surface area contributed by atoms with Crippen molar-refractivity contribution in [2.45, 2.75) is 13.2 Å². The van der Waals surface area contributed by atoms with Crippen LogP contribution in [0.25, 0.3) is 0 Å². The third-order valence-electron chi connectivity index (χ3n) is 0.842. The molecule has 1 rings (SSSR count). The second kappa shape index (κ2) is 2.53. The van der Waals surface area contributed by atoms with Crippen molar-refractivity contribution in [3.63, 3.8) is 0 Å². The first-order valence-electron chi connectivity index (χ1n) is 6.79. The monoisotopic (exact) mass is 130 g/mol. The lowest BCUT2D eigenvalue weighted by Crippen LogP contribution is -1.90. The normalized spacial score (nSPS) is 26.9. The Balaban J connectivity index is 3.72. The topological polar surface area (TPSA) is 26.0 Å². The number of nitrogen functional groups attached to an aromatic ring is 1. The van der Waals surface area contributed by atoms with Gasteiger partial charge in [-0.15, -0.1) is 0 Å². The largest absolute Gasteiger partial charge is 0.399 e. The van der Waals surface area contributed by atoms with Crippen LogP contribution in [0.1, 0.15) is 24.8 Å². The van der Waals surface area contributed by atoms with Gasteiger partial charge in [-0.05, 0) is 18.0 Å². The molecule has 0 bridgehead atoms. The average molecular weight is 130 g/mol. The highest BCUT2D eigenvalue weighted by atomic mass is 14.5. The maximum absolute atomic E-state index is 7.55. The molecule has 0 saturated carbocycles. The molecule has 0 aliphatic heterocycles. The summed E-state index contributed by atoms with van der Waals surface area (Å²) in [6.07, 6.45) is -2.95. The molecular formula is C8H11N. The van der Waals surface area contributed by atoms with Crippen LogP contribution in [0.4, 0.5) is 5.69 Å². The van der Waals surface area contributed by atoms with Crippen LogP contribution >= 0.6 is 0 Å². The van der Waals surface area contributed by atoms with Crippen molar-refractivity contribution in [1.29, 1.82) is 0 Å². The minimum absolute atomic E-state index is 0.581. The summed E-state index contributed by atoms with van der Waals surface area (Å²) in [6.45, 7) is -3.08. The standard InChI is InChI=1S/C8H11N/c1-2-7-5-3-4-6-8(7)9/h3-6H,2,9H2,1H3/i1D3,2D2,3D,4D,5D,6D. The molecule has 1 aromatic rings. The Morgan fingerprint density at radius 1 is 1.78 bits per heavy atom. The van der Waals surface area contributed by atoms with E-state index >= 15 is 0 Å². The molecular weight excluding hydrogens is 110 g/mol. The fourth-order valence-electron chi connectivity index (χ4n) is 0.421. The summed E-state index contributed by atoms with van der Waals surface area (Å²) in [6, 6.07) is -2.74. The number of hydrogen-bond acceptors (Lipinski definition) is 1. The van der Waals surface area contributed by atoms with E-state index in [1.807, 2.05) is 0 Å². The summed E-state index contributed by atoms with van der Waals surface area (Å²) >= 11 is 0. The summed E-state index contributed by atoms with van der Waals surface area (Å²) in [5.41, 5.74) is 4.13. The van der Waals surface area contributed by atoms with Crippen molar-refractivity contribution in [2.75, 3.05) is 5.73 Å². The minimum Gasteiger partial charge on any atom is -0.399 e. The van der Waals surface area contributed by atoms with Crippen LogP contribution < -0.4 is 5.73 Å². The Morgan fingerprint density at radius 2 is 2.56 bits per heavy atom. The number of para-hydroxylation sites is 1. The van der Waals surface area contributed by atoms with Crippen LogP contribution in [0.3, 0.4) is 0 Å². The summed E-state index contributed by atoms with van der Waals surface area (Å²) in [7, 11) is 0. The third kappa shape index (κ3) is 1.22. The Morgan fingerprint density at radius 3 is 3.33 bits per heavy atom. The molecule has 0 amide bonds. The minimum atomic E-state index is -3.08. The SMILES string of the molecule is [2H]c1c([2H])c([2H])c(C([2H])([2H])C([2H])([2H])[2H])c(N)c1[2H]. The molecule has 0 fully saturated rings. The molecule has 0 aromatic heterocycles. The zero-order valence-electron chi connectivity index (χ0n) is 13.6. The van der Waals surface area contributed by atoms with Crippen molar-refractivity contribution in [2.24, 2.45) is 0 Å². The number of hydrogen-bond donors (Lipinski definition) is 1. The van der Waals surface area contributed by atoms with Crippen molar-refractivity contribution in [3.05, 3.63) is 29.7 Å². The maximum Gasteiger partial charge on any atom is 0.0645 e. The molecule has 2 N–H and O–H groups in total. The molecule has 0 aliphatic rings. The Bertz CT molecular complexity index is 461. The zero-order valence-corrected chi connectivity index (χ0v) is 4.58. The lowest BCUT2D eigenvalue weighted by atomic mass is 10.1. The van der Waals surface area contributed by atoms with Gasteiger partial charge in [0.15, 0.2) is 0 Å². The fourth-order valence-corrected chi connectivity index (χ4v) is 0.421. The van der Waals surface area contributed by atoms with E-state index in [9.17, 15) is 0 Å². The van der Waals surface area contributed by atoms with Gasteiger partial charge in [0.2, 0.25) is 0 Å². The van der Waals surface area contributed by atoms with Crippen LogP contribution in [0.15, 0.2) is 24.2 Å². The van der Waals surface area contributed by atoms with Gasteiger partial charge in [-0.3, -0.25) is 0 Å². The summed E-state index contributed by atoms with van der Waals surface area (Å²) in [5.74, 6) is 0. The number of rotatable bonds is 1. The maximum atomic E-state index is 7.55. The third-order valence-corrected chi connectivity index (χ3v) is 0.842. The van der Waals surface area contributed by atoms with Gasteiger partial charge >= 0.3 is 0 Å². The van der Waals surface area contributed by atoms with E-state index < -0.39 is 48.6 Å². The Hall–Kier alpha value is -0.980. The van der Waals surface area contributed by atoms with E-state index in [1.54, 1.807) is 0 Å². The van der Waals surface area contributed by atoms with Crippen molar-refractivity contribution < 1.29 is 12.3 Å². The van der Waals surface area contributed by atoms with E-state index in [0.717, 1.165) is 0 Å². The van der Waals surface area contributed by atoms with Gasteiger partial charge in [0.05, 0.1) is 5.48 Å². The van der Waals surface area contributed by atoms with Crippen molar-refractivity contribution >= 4 is 5.69 Å². The molecule has 1 aromatic carbocycles. The van der Waals surface area contributed by atoms with Crippen LogP contribution in [-0.2, 0) is 6.37 Å². The average Bonchev–Trinajstić information content (AvgIpc) is 2.22. The summed E-state index contributed by atoms with van der Waals surface area (Å²) in [5, 5.41) is 0. The quantitative estimate of drug-likeness (QED) is 0.577. The molecule has 0 atom stereocenters. The van der Waals surface area contributed by atoms with E-state index in [-0.39, 0.29) is 0 Å². The number of nitrogens with two attached hydrogens (primary N) is 1. The highest BCUT2D eigenvalue weighted by Gasteiger charge is 1.90. The number of benzene rings is 1. The van der Waals surface area contributed by atoms with Gasteiger partial charge in [-0.2, -0.15) is 0 Å². The lowest BCUT2D eigenvalue weighted by molar-refractivity contribution is 1.14. The molecule has 0 heterocycles. The first-order valence-corrected chi connectivity index (χ1v) is 2.29. The molecule has 0 aliphatic carbocycles. The number of anilines is 1. The first kappa shape index (κ1) is 1.36. The molecule has 9 heavy (non-hydrogen) atoms. The summed E-state index contributed by atoms with van der Waals surface area (Å²) in [4.78, 5) is 0. The highest BCUT2D eigenvalue weighted by molar-refractivity contribution is 5.46. The molecule has 0 radical (unpaired) electrons. The van der Waals surface area contributed by atoms with Gasteiger partial charge in [0.1, 0.15) is 0 Å². The Labute approximate surface area is 68.1 Å². The van der Waals surface area contributed by atoms with E-state index in [1.165, 1.54) is 0 Å². The van der Waals surface area contributed by atoms with Crippen molar-refractivity contribution in [3.8, 4) is 0 Å².